The molecule has 0 spiro atoms. The summed E-state index contributed by atoms with van der Waals surface area (Å²) in [4.78, 5) is 11.1. The van der Waals surface area contributed by atoms with Crippen molar-refractivity contribution in [2.75, 3.05) is 19.3 Å². The monoisotopic (exact) mass is 336 g/mol. The molecule has 0 saturated carbocycles. The van der Waals surface area contributed by atoms with Crippen LogP contribution in [0.1, 0.15) is 16.8 Å². The normalized spacial score (nSPS) is 14.3. The maximum absolute atomic E-state index is 9.68. The highest BCUT2D eigenvalue weighted by molar-refractivity contribution is 7.12. The lowest BCUT2D eigenvalue weighted by Gasteiger charge is -2.27. The molecular formula is C17H16N6S. The number of anilines is 1. The van der Waals surface area contributed by atoms with Gasteiger partial charge in [0.05, 0.1) is 5.69 Å². The molecule has 4 rings (SSSR count). The van der Waals surface area contributed by atoms with Crippen LogP contribution < -0.4 is 5.73 Å². The van der Waals surface area contributed by atoms with Crippen molar-refractivity contribution in [2.24, 2.45) is 0 Å². The Morgan fingerprint density at radius 3 is 3.04 bits per heavy atom. The first-order valence-electron chi connectivity index (χ1n) is 7.66. The van der Waals surface area contributed by atoms with Crippen LogP contribution >= 0.6 is 11.3 Å². The molecule has 3 aromatic rings. The van der Waals surface area contributed by atoms with Gasteiger partial charge in [-0.2, -0.15) is 5.26 Å². The summed E-state index contributed by atoms with van der Waals surface area (Å²) in [5.41, 5.74) is 10.4. The summed E-state index contributed by atoms with van der Waals surface area (Å²) >= 11 is 1.56. The van der Waals surface area contributed by atoms with Crippen LogP contribution in [0, 0.1) is 11.3 Å². The highest BCUT2D eigenvalue weighted by Gasteiger charge is 2.25. The third kappa shape index (κ3) is 2.28. The minimum absolute atomic E-state index is 0.308. The molecule has 6 nitrogen and oxygen atoms in total. The van der Waals surface area contributed by atoms with Crippen LogP contribution in [0.4, 0.5) is 5.82 Å². The van der Waals surface area contributed by atoms with Crippen molar-refractivity contribution in [3.8, 4) is 22.5 Å². The topological polar surface area (TPSA) is 83.8 Å². The number of hydrogen-bond donors (Lipinski definition) is 1. The number of nitrogens with two attached hydrogens (primary N) is 1. The number of aromatic nitrogens is 3. The van der Waals surface area contributed by atoms with Crippen LogP contribution in [0.3, 0.4) is 0 Å². The summed E-state index contributed by atoms with van der Waals surface area (Å²) < 4.78 is 2.01. The summed E-state index contributed by atoms with van der Waals surface area (Å²) in [6, 6.07) is 6.22. The van der Waals surface area contributed by atoms with Crippen LogP contribution in [-0.4, -0.2) is 33.0 Å². The van der Waals surface area contributed by atoms with E-state index in [-0.39, 0.29) is 0 Å². The molecule has 0 saturated heterocycles. The maximum atomic E-state index is 9.68. The lowest BCUT2D eigenvalue weighted by molar-refractivity contribution is 0.310. The Kier molecular flexibility index (Phi) is 3.56. The molecule has 0 radical (unpaired) electrons. The van der Waals surface area contributed by atoms with Gasteiger partial charge in [0.2, 0.25) is 0 Å². The second-order valence-electron chi connectivity index (χ2n) is 5.85. The Hall–Kier alpha value is -2.69. The van der Waals surface area contributed by atoms with Crippen LogP contribution in [-0.2, 0) is 13.0 Å². The summed E-state index contributed by atoms with van der Waals surface area (Å²) in [5.74, 6) is 0.308. The quantitative estimate of drug-likeness (QED) is 0.777. The molecule has 4 heterocycles. The highest BCUT2D eigenvalue weighted by Crippen LogP contribution is 2.36. The summed E-state index contributed by atoms with van der Waals surface area (Å²) in [5, 5.41) is 12.5. The zero-order chi connectivity index (χ0) is 16.7. The van der Waals surface area contributed by atoms with Crippen LogP contribution in [0.2, 0.25) is 0 Å². The lowest BCUT2D eigenvalue weighted by Crippen LogP contribution is -2.28. The molecule has 0 amide bonds. The van der Waals surface area contributed by atoms with E-state index in [4.69, 9.17) is 5.73 Å². The molecule has 0 aromatic carbocycles. The number of nitriles is 1. The third-order valence-electron chi connectivity index (χ3n) is 4.31. The lowest BCUT2D eigenvalue weighted by atomic mass is 9.94. The Morgan fingerprint density at radius 1 is 1.42 bits per heavy atom. The fourth-order valence-corrected chi connectivity index (χ4v) is 3.83. The van der Waals surface area contributed by atoms with Gasteiger partial charge in [0.1, 0.15) is 17.5 Å². The molecule has 24 heavy (non-hydrogen) atoms. The number of likely N-dealkylation sites (N-methyl/N-ethyl adjacent to an activating group) is 1. The second-order valence-corrected chi connectivity index (χ2v) is 6.72. The molecule has 0 atom stereocenters. The molecule has 0 bridgehead atoms. The smallest absolute Gasteiger partial charge is 0.193 e. The van der Waals surface area contributed by atoms with E-state index >= 15 is 0 Å². The number of thiazole rings is 1. The summed E-state index contributed by atoms with van der Waals surface area (Å²) in [6.07, 6.45) is 4.58. The predicted molar refractivity (Wildman–Crippen MR) is 93.8 cm³/mol. The van der Waals surface area contributed by atoms with Gasteiger partial charge in [0.25, 0.3) is 0 Å². The number of nitrogen functional groups attached to an aromatic ring is 1. The van der Waals surface area contributed by atoms with E-state index in [0.29, 0.717) is 11.4 Å². The molecule has 0 aliphatic carbocycles. The number of nitrogens with zero attached hydrogens (tertiary/aromatic N) is 5. The van der Waals surface area contributed by atoms with E-state index in [1.807, 2.05) is 28.3 Å². The number of hydrogen-bond acceptors (Lipinski definition) is 6. The van der Waals surface area contributed by atoms with Gasteiger partial charge in [-0.05, 0) is 24.7 Å². The highest BCUT2D eigenvalue weighted by atomic mass is 32.1. The van der Waals surface area contributed by atoms with Crippen molar-refractivity contribution in [2.45, 2.75) is 13.0 Å². The number of pyridine rings is 1. The van der Waals surface area contributed by atoms with E-state index in [9.17, 15) is 5.26 Å². The van der Waals surface area contributed by atoms with E-state index in [0.717, 1.165) is 47.2 Å². The van der Waals surface area contributed by atoms with Gasteiger partial charge >= 0.3 is 0 Å². The van der Waals surface area contributed by atoms with Crippen LogP contribution in [0.25, 0.3) is 16.4 Å². The number of fused-ring (bicyclic) bond motifs is 1. The van der Waals surface area contributed by atoms with Crippen LogP contribution in [0.5, 0.6) is 0 Å². The molecule has 7 heteroatoms. The van der Waals surface area contributed by atoms with Crippen molar-refractivity contribution >= 4 is 17.2 Å². The minimum atomic E-state index is 0.308. The molecule has 1 aliphatic heterocycles. The van der Waals surface area contributed by atoms with Gasteiger partial charge < -0.3 is 10.6 Å². The minimum Gasteiger partial charge on any atom is -0.383 e. The molecule has 1 aliphatic rings. The molecule has 2 N–H and O–H groups in total. The van der Waals surface area contributed by atoms with Gasteiger partial charge in [-0.1, -0.05) is 0 Å². The first-order chi connectivity index (χ1) is 11.7. The molecular weight excluding hydrogens is 320 g/mol. The van der Waals surface area contributed by atoms with E-state index in [1.54, 1.807) is 17.5 Å². The zero-order valence-corrected chi connectivity index (χ0v) is 14.0. The molecule has 0 fully saturated rings. The van der Waals surface area contributed by atoms with Crippen molar-refractivity contribution in [1.82, 2.24) is 19.4 Å². The van der Waals surface area contributed by atoms with Gasteiger partial charge in [0.15, 0.2) is 5.13 Å². The SMILES string of the molecule is CN1CCc2nc(N)c(C#N)c(-c3cccn3-c3nccs3)c2C1. The van der Waals surface area contributed by atoms with Gasteiger partial charge in [-0.15, -0.1) is 11.3 Å². The fourth-order valence-electron chi connectivity index (χ4n) is 3.20. The Bertz CT molecular complexity index is 935. The predicted octanol–water partition coefficient (Wildman–Crippen LogP) is 2.44. The van der Waals surface area contributed by atoms with Crippen LogP contribution in [0.15, 0.2) is 29.9 Å². The maximum Gasteiger partial charge on any atom is 0.193 e. The van der Waals surface area contributed by atoms with Gasteiger partial charge in [-0.25, -0.2) is 9.97 Å². The van der Waals surface area contributed by atoms with Crippen molar-refractivity contribution in [1.29, 1.82) is 5.26 Å². The van der Waals surface area contributed by atoms with E-state index < -0.39 is 0 Å². The second kappa shape index (κ2) is 5.74. The Balaban J connectivity index is 2.01. The van der Waals surface area contributed by atoms with E-state index in [1.165, 1.54) is 0 Å². The largest absolute Gasteiger partial charge is 0.383 e. The third-order valence-corrected chi connectivity index (χ3v) is 5.08. The summed E-state index contributed by atoms with van der Waals surface area (Å²) in [7, 11) is 2.08. The summed E-state index contributed by atoms with van der Waals surface area (Å²) in [6.45, 7) is 1.70. The molecule has 3 aromatic heterocycles. The Morgan fingerprint density at radius 2 is 2.29 bits per heavy atom. The first kappa shape index (κ1) is 14.9. The van der Waals surface area contributed by atoms with Crippen molar-refractivity contribution in [3.63, 3.8) is 0 Å². The average Bonchev–Trinajstić information content (AvgIpc) is 3.24. The zero-order valence-electron chi connectivity index (χ0n) is 13.2. The van der Waals surface area contributed by atoms with Gasteiger partial charge in [-0.3, -0.25) is 4.57 Å². The van der Waals surface area contributed by atoms with E-state index in [2.05, 4.69) is 28.0 Å². The molecule has 0 unspecified atom stereocenters. The fraction of sp³-hybridized carbons (Fsp3) is 0.235. The van der Waals surface area contributed by atoms with Gasteiger partial charge in [0, 0.05) is 48.5 Å². The Labute approximate surface area is 143 Å². The number of rotatable bonds is 2. The van der Waals surface area contributed by atoms with Crippen molar-refractivity contribution < 1.29 is 0 Å². The standard InChI is InChI=1S/C17H16N6S/c1-22-7-4-13-12(10-22)15(11(9-18)16(19)21-13)14-3-2-6-23(14)17-20-5-8-24-17/h2-3,5-6,8H,4,7,10H2,1H3,(H2,19,21). The first-order valence-corrected chi connectivity index (χ1v) is 8.54. The average molecular weight is 336 g/mol. The van der Waals surface area contributed by atoms with Crippen molar-refractivity contribution in [3.05, 3.63) is 46.7 Å². The molecule has 120 valence electrons.